The molecule has 3 aromatic rings. The number of rotatable bonds is 9. The molecule has 146 valence electrons. The van der Waals surface area contributed by atoms with Gasteiger partial charge in [0, 0.05) is 30.8 Å². The van der Waals surface area contributed by atoms with E-state index in [1.807, 2.05) is 30.3 Å². The van der Waals surface area contributed by atoms with E-state index in [1.165, 1.54) is 0 Å². The van der Waals surface area contributed by atoms with E-state index in [0.29, 0.717) is 30.5 Å². The van der Waals surface area contributed by atoms with Crippen LogP contribution in [0.25, 0.3) is 11.4 Å². The van der Waals surface area contributed by atoms with Crippen molar-refractivity contribution in [3.8, 4) is 11.4 Å². The number of hydrogen-bond donors (Lipinski definition) is 1. The molecule has 6 heteroatoms. The Balaban J connectivity index is 1.61. The molecule has 1 amide bonds. The van der Waals surface area contributed by atoms with Crippen LogP contribution < -0.4 is 5.32 Å². The highest BCUT2D eigenvalue weighted by atomic mass is 16.5. The maximum absolute atomic E-state index is 12.6. The van der Waals surface area contributed by atoms with Crippen LogP contribution in [0, 0.1) is 5.92 Å². The Labute approximate surface area is 165 Å². The first-order valence-corrected chi connectivity index (χ1v) is 9.78. The molecule has 0 saturated carbocycles. The third-order valence-corrected chi connectivity index (χ3v) is 4.95. The summed E-state index contributed by atoms with van der Waals surface area (Å²) < 4.78 is 5.28. The van der Waals surface area contributed by atoms with Gasteiger partial charge in [0.2, 0.25) is 17.6 Å². The van der Waals surface area contributed by atoms with E-state index in [4.69, 9.17) is 4.52 Å². The zero-order chi connectivity index (χ0) is 19.8. The Bertz CT molecular complexity index is 861. The molecular weight excluding hydrogens is 352 g/mol. The minimum absolute atomic E-state index is 0.0114. The maximum atomic E-state index is 12.6. The van der Waals surface area contributed by atoms with Gasteiger partial charge in [-0.3, -0.25) is 9.78 Å². The molecular formula is C22H26N4O2. The van der Waals surface area contributed by atoms with Gasteiger partial charge in [-0.1, -0.05) is 62.2 Å². The van der Waals surface area contributed by atoms with Crippen molar-refractivity contribution >= 4 is 5.91 Å². The van der Waals surface area contributed by atoms with Crippen LogP contribution in [0.2, 0.25) is 0 Å². The molecule has 1 aromatic carbocycles. The number of amides is 1. The lowest BCUT2D eigenvalue weighted by atomic mass is 9.88. The second kappa shape index (κ2) is 9.78. The number of nitrogens with one attached hydrogen (secondary N) is 1. The molecule has 0 saturated heterocycles. The topological polar surface area (TPSA) is 80.9 Å². The van der Waals surface area contributed by atoms with Crippen LogP contribution in [-0.2, 0) is 11.2 Å². The van der Waals surface area contributed by atoms with Crippen LogP contribution in [0.4, 0.5) is 0 Å². The summed E-state index contributed by atoms with van der Waals surface area (Å²) in [5, 5.41) is 7.18. The van der Waals surface area contributed by atoms with Gasteiger partial charge >= 0.3 is 0 Å². The molecule has 2 heterocycles. The van der Waals surface area contributed by atoms with Gasteiger partial charge in [-0.2, -0.15) is 4.98 Å². The van der Waals surface area contributed by atoms with Crippen molar-refractivity contribution in [3.63, 3.8) is 0 Å². The fourth-order valence-electron chi connectivity index (χ4n) is 3.33. The summed E-state index contributed by atoms with van der Waals surface area (Å²) in [4.78, 5) is 21.0. The van der Waals surface area contributed by atoms with E-state index >= 15 is 0 Å². The monoisotopic (exact) mass is 378 g/mol. The Morgan fingerprint density at radius 3 is 2.57 bits per heavy atom. The first kappa shape index (κ1) is 19.7. The van der Waals surface area contributed by atoms with Gasteiger partial charge in [-0.25, -0.2) is 0 Å². The molecule has 0 aliphatic rings. The Hall–Kier alpha value is -3.02. The fourth-order valence-corrected chi connectivity index (χ4v) is 3.33. The lowest BCUT2D eigenvalue weighted by Gasteiger charge is -2.27. The molecule has 3 rings (SSSR count). The van der Waals surface area contributed by atoms with Gasteiger partial charge in [0.05, 0.1) is 6.04 Å². The van der Waals surface area contributed by atoms with Crippen LogP contribution in [-0.4, -0.2) is 21.0 Å². The van der Waals surface area contributed by atoms with Crippen molar-refractivity contribution in [1.29, 1.82) is 0 Å². The molecule has 0 aliphatic heterocycles. The van der Waals surface area contributed by atoms with Crippen molar-refractivity contribution in [2.45, 2.75) is 45.6 Å². The second-order valence-corrected chi connectivity index (χ2v) is 6.79. The molecule has 0 spiro atoms. The van der Waals surface area contributed by atoms with Gasteiger partial charge in [0.15, 0.2) is 0 Å². The zero-order valence-corrected chi connectivity index (χ0v) is 16.3. The van der Waals surface area contributed by atoms with Crippen molar-refractivity contribution in [3.05, 3.63) is 66.3 Å². The van der Waals surface area contributed by atoms with E-state index in [1.54, 1.807) is 12.4 Å². The summed E-state index contributed by atoms with van der Waals surface area (Å²) in [5.74, 6) is 1.32. The number of carbonyl (C=O) groups is 1. The number of carbonyl (C=O) groups excluding carboxylic acids is 1. The average molecular weight is 378 g/mol. The minimum Gasteiger partial charge on any atom is -0.349 e. The number of hydrogen-bond acceptors (Lipinski definition) is 5. The number of benzene rings is 1. The van der Waals surface area contributed by atoms with Crippen molar-refractivity contribution in [1.82, 2.24) is 20.4 Å². The molecule has 1 N–H and O–H groups in total. The molecule has 0 aliphatic carbocycles. The normalized spacial score (nSPS) is 12.1. The highest BCUT2D eigenvalue weighted by Crippen LogP contribution is 2.27. The predicted octanol–water partition coefficient (Wildman–Crippen LogP) is 4.36. The van der Waals surface area contributed by atoms with Gasteiger partial charge in [0.1, 0.15) is 0 Å². The van der Waals surface area contributed by atoms with Crippen LogP contribution in [0.15, 0.2) is 59.4 Å². The molecule has 1 atom stereocenters. The van der Waals surface area contributed by atoms with E-state index in [9.17, 15) is 4.79 Å². The summed E-state index contributed by atoms with van der Waals surface area (Å²) in [6, 6.07) is 13.9. The van der Waals surface area contributed by atoms with E-state index in [2.05, 4.69) is 46.4 Å². The Morgan fingerprint density at radius 1 is 1.11 bits per heavy atom. The Kier molecular flexibility index (Phi) is 6.89. The predicted molar refractivity (Wildman–Crippen MR) is 107 cm³/mol. The standard InChI is InChI=1S/C22H26N4O2/c1-3-16(4-2)21(17-9-6-5-7-10-17)24-19(27)12-13-20-25-22(26-28-20)18-11-8-14-23-15-18/h5-11,14-16,21H,3-4,12-13H2,1-2H3,(H,24,27). The molecule has 0 bridgehead atoms. The summed E-state index contributed by atoms with van der Waals surface area (Å²) in [6.07, 6.45) is 6.10. The fraction of sp³-hybridized carbons (Fsp3) is 0.364. The molecule has 1 unspecified atom stereocenters. The summed E-state index contributed by atoms with van der Waals surface area (Å²) >= 11 is 0. The highest BCUT2D eigenvalue weighted by Gasteiger charge is 2.22. The molecule has 0 radical (unpaired) electrons. The maximum Gasteiger partial charge on any atom is 0.227 e. The number of pyridine rings is 1. The van der Waals surface area contributed by atoms with Crippen LogP contribution in [0.3, 0.4) is 0 Å². The average Bonchev–Trinajstić information content (AvgIpc) is 3.23. The highest BCUT2D eigenvalue weighted by molar-refractivity contribution is 5.76. The first-order valence-electron chi connectivity index (χ1n) is 9.78. The number of aryl methyl sites for hydroxylation is 1. The largest absolute Gasteiger partial charge is 0.349 e. The summed E-state index contributed by atoms with van der Waals surface area (Å²) in [6.45, 7) is 4.32. The molecule has 0 fully saturated rings. The van der Waals surface area contributed by atoms with Crippen LogP contribution >= 0.6 is 0 Å². The Morgan fingerprint density at radius 2 is 1.89 bits per heavy atom. The van der Waals surface area contributed by atoms with Gasteiger partial charge in [-0.05, 0) is 23.6 Å². The smallest absolute Gasteiger partial charge is 0.227 e. The third kappa shape index (κ3) is 5.03. The third-order valence-electron chi connectivity index (χ3n) is 4.95. The van der Waals surface area contributed by atoms with Gasteiger partial charge in [-0.15, -0.1) is 0 Å². The second-order valence-electron chi connectivity index (χ2n) is 6.79. The van der Waals surface area contributed by atoms with Crippen molar-refractivity contribution < 1.29 is 9.32 Å². The lowest BCUT2D eigenvalue weighted by Crippen LogP contribution is -2.33. The van der Waals surface area contributed by atoms with E-state index in [0.717, 1.165) is 24.0 Å². The van der Waals surface area contributed by atoms with E-state index in [-0.39, 0.29) is 11.9 Å². The number of aromatic nitrogens is 3. The molecule has 6 nitrogen and oxygen atoms in total. The minimum atomic E-state index is -0.0121. The summed E-state index contributed by atoms with van der Waals surface area (Å²) in [5.41, 5.74) is 1.93. The van der Waals surface area contributed by atoms with Crippen molar-refractivity contribution in [2.75, 3.05) is 0 Å². The van der Waals surface area contributed by atoms with Crippen LogP contribution in [0.1, 0.15) is 50.6 Å². The zero-order valence-electron chi connectivity index (χ0n) is 16.3. The SMILES string of the molecule is CCC(CC)C(NC(=O)CCc1nc(-c2cccnc2)no1)c1ccccc1. The van der Waals surface area contributed by atoms with Crippen LogP contribution in [0.5, 0.6) is 0 Å². The molecule has 2 aromatic heterocycles. The van der Waals surface area contributed by atoms with E-state index < -0.39 is 0 Å². The van der Waals surface area contributed by atoms with Gasteiger partial charge in [0.25, 0.3) is 0 Å². The first-order chi connectivity index (χ1) is 13.7. The lowest BCUT2D eigenvalue weighted by molar-refractivity contribution is -0.122. The van der Waals surface area contributed by atoms with Gasteiger partial charge < -0.3 is 9.84 Å². The van der Waals surface area contributed by atoms with Crippen molar-refractivity contribution in [2.24, 2.45) is 5.92 Å². The molecule has 28 heavy (non-hydrogen) atoms. The summed E-state index contributed by atoms with van der Waals surface area (Å²) in [7, 11) is 0. The number of nitrogens with zero attached hydrogens (tertiary/aromatic N) is 3. The quantitative estimate of drug-likeness (QED) is 0.598.